The average Bonchev–Trinajstić information content (AvgIpc) is 2.72. The number of nitrogens with two attached hydrogens (primary N) is 1. The number of amides is 1. The van der Waals surface area contributed by atoms with Gasteiger partial charge in [0.2, 0.25) is 5.91 Å². The van der Waals surface area contributed by atoms with Crippen molar-refractivity contribution >= 4 is 23.6 Å². The van der Waals surface area contributed by atoms with E-state index in [9.17, 15) is 9.59 Å². The van der Waals surface area contributed by atoms with E-state index in [1.807, 2.05) is 6.26 Å². The van der Waals surface area contributed by atoms with Crippen molar-refractivity contribution in [1.29, 1.82) is 0 Å². The molecule has 0 spiro atoms. The zero-order chi connectivity index (χ0) is 13.6. The summed E-state index contributed by atoms with van der Waals surface area (Å²) in [6.07, 6.45) is 5.99. The maximum absolute atomic E-state index is 12.0. The summed E-state index contributed by atoms with van der Waals surface area (Å²) in [4.78, 5) is 22.9. The van der Waals surface area contributed by atoms with Gasteiger partial charge in [-0.15, -0.1) is 0 Å². The van der Waals surface area contributed by atoms with E-state index < -0.39 is 17.6 Å². The fourth-order valence-electron chi connectivity index (χ4n) is 2.42. The summed E-state index contributed by atoms with van der Waals surface area (Å²) in [5.74, 6) is -0.248. The minimum Gasteiger partial charge on any atom is -0.481 e. The van der Waals surface area contributed by atoms with Crippen LogP contribution in [0, 0.1) is 0 Å². The summed E-state index contributed by atoms with van der Waals surface area (Å²) in [7, 11) is 0. The molecule has 0 aliphatic heterocycles. The second-order valence-corrected chi connectivity index (χ2v) is 5.92. The Bertz CT molecular complexity index is 304. The van der Waals surface area contributed by atoms with Crippen molar-refractivity contribution in [2.75, 3.05) is 12.0 Å². The highest BCUT2D eigenvalue weighted by atomic mass is 32.2. The van der Waals surface area contributed by atoms with Gasteiger partial charge in [-0.05, 0) is 31.3 Å². The fraction of sp³-hybridized carbons (Fsp3) is 0.833. The Labute approximate surface area is 112 Å². The monoisotopic (exact) mass is 274 g/mol. The van der Waals surface area contributed by atoms with Crippen LogP contribution in [0.25, 0.3) is 0 Å². The first-order valence-electron chi connectivity index (χ1n) is 6.27. The smallest absolute Gasteiger partial charge is 0.305 e. The van der Waals surface area contributed by atoms with Gasteiger partial charge in [0, 0.05) is 0 Å². The van der Waals surface area contributed by atoms with Gasteiger partial charge in [0.25, 0.3) is 0 Å². The summed E-state index contributed by atoms with van der Waals surface area (Å²) in [5, 5.41) is 11.8. The van der Waals surface area contributed by atoms with Gasteiger partial charge in [-0.3, -0.25) is 9.59 Å². The van der Waals surface area contributed by atoms with Crippen LogP contribution in [-0.4, -0.2) is 40.6 Å². The lowest BCUT2D eigenvalue weighted by Crippen LogP contribution is -2.53. The van der Waals surface area contributed by atoms with E-state index in [4.69, 9.17) is 10.8 Å². The van der Waals surface area contributed by atoms with Crippen LogP contribution < -0.4 is 11.1 Å². The maximum atomic E-state index is 12.0. The van der Waals surface area contributed by atoms with Crippen LogP contribution in [0.4, 0.5) is 0 Å². The van der Waals surface area contributed by atoms with E-state index in [0.29, 0.717) is 6.42 Å². The predicted octanol–water partition coefficient (Wildman–Crippen LogP) is 0.970. The number of nitrogens with one attached hydrogen (secondary N) is 1. The number of carbonyl (C=O) groups excluding carboxylic acids is 1. The summed E-state index contributed by atoms with van der Waals surface area (Å²) in [5.41, 5.74) is 5.23. The zero-order valence-electron chi connectivity index (χ0n) is 10.8. The molecule has 1 rings (SSSR count). The molecular weight excluding hydrogens is 252 g/mol. The molecule has 104 valence electrons. The molecule has 0 heterocycles. The zero-order valence-corrected chi connectivity index (χ0v) is 11.6. The molecule has 0 aromatic carbocycles. The molecule has 1 aliphatic rings. The van der Waals surface area contributed by atoms with Crippen LogP contribution in [-0.2, 0) is 9.59 Å². The fourth-order valence-corrected chi connectivity index (χ4v) is 2.91. The first-order chi connectivity index (χ1) is 8.49. The van der Waals surface area contributed by atoms with Crippen molar-refractivity contribution < 1.29 is 14.7 Å². The van der Waals surface area contributed by atoms with Gasteiger partial charge in [-0.25, -0.2) is 0 Å². The van der Waals surface area contributed by atoms with Gasteiger partial charge in [0.1, 0.15) is 0 Å². The lowest BCUT2D eigenvalue weighted by molar-refractivity contribution is -0.139. The molecule has 1 saturated carbocycles. The molecule has 1 fully saturated rings. The molecule has 18 heavy (non-hydrogen) atoms. The van der Waals surface area contributed by atoms with Crippen molar-refractivity contribution in [3.63, 3.8) is 0 Å². The predicted molar refractivity (Wildman–Crippen MR) is 72.6 cm³/mol. The maximum Gasteiger partial charge on any atom is 0.305 e. The lowest BCUT2D eigenvalue weighted by atomic mass is 9.92. The largest absolute Gasteiger partial charge is 0.481 e. The molecule has 1 amide bonds. The van der Waals surface area contributed by atoms with E-state index in [-0.39, 0.29) is 12.3 Å². The van der Waals surface area contributed by atoms with Gasteiger partial charge in [-0.1, -0.05) is 12.8 Å². The summed E-state index contributed by atoms with van der Waals surface area (Å²) in [6, 6.07) is -0.538. The molecule has 0 saturated heterocycles. The number of hydrogen-bond donors (Lipinski definition) is 3. The first-order valence-corrected chi connectivity index (χ1v) is 7.67. The third-order valence-electron chi connectivity index (χ3n) is 3.41. The average molecular weight is 274 g/mol. The Kier molecular flexibility index (Phi) is 5.95. The van der Waals surface area contributed by atoms with Crippen molar-refractivity contribution in [1.82, 2.24) is 5.32 Å². The highest BCUT2D eigenvalue weighted by molar-refractivity contribution is 7.98. The Morgan fingerprint density at radius 3 is 2.56 bits per heavy atom. The minimum atomic E-state index is -0.866. The third kappa shape index (κ3) is 4.49. The van der Waals surface area contributed by atoms with Crippen LogP contribution >= 0.6 is 11.8 Å². The Morgan fingerprint density at radius 2 is 2.06 bits per heavy atom. The molecule has 0 unspecified atom stereocenters. The van der Waals surface area contributed by atoms with E-state index in [0.717, 1.165) is 31.4 Å². The van der Waals surface area contributed by atoms with Crippen LogP contribution in [0.3, 0.4) is 0 Å². The second kappa shape index (κ2) is 6.99. The number of hydrogen-bond acceptors (Lipinski definition) is 4. The molecular formula is C12H22N2O3S. The molecule has 5 nitrogen and oxygen atoms in total. The SMILES string of the molecule is CSCC[C@H](N)C(=O)NC1(CC(=O)O)CCCC1. The number of carboxylic acid groups (broad SMARTS) is 1. The Morgan fingerprint density at radius 1 is 1.44 bits per heavy atom. The van der Waals surface area contributed by atoms with Crippen LogP contribution in [0.2, 0.25) is 0 Å². The number of aliphatic carboxylic acids is 1. The molecule has 0 aromatic rings. The molecule has 4 N–H and O–H groups in total. The van der Waals surface area contributed by atoms with Crippen molar-refractivity contribution in [2.45, 2.75) is 50.1 Å². The van der Waals surface area contributed by atoms with Gasteiger partial charge in [-0.2, -0.15) is 11.8 Å². The van der Waals surface area contributed by atoms with Crippen molar-refractivity contribution in [3.05, 3.63) is 0 Å². The quantitative estimate of drug-likeness (QED) is 0.643. The standard InChI is InChI=1S/C12H22N2O3S/c1-18-7-4-9(13)11(17)14-12(8-10(15)16)5-2-3-6-12/h9H,2-8,13H2,1H3,(H,14,17)(H,15,16)/t9-/m0/s1. The van der Waals surface area contributed by atoms with E-state index in [1.165, 1.54) is 0 Å². The van der Waals surface area contributed by atoms with Crippen molar-refractivity contribution in [3.8, 4) is 0 Å². The highest BCUT2D eigenvalue weighted by Gasteiger charge is 2.38. The minimum absolute atomic E-state index is 0.00596. The summed E-state index contributed by atoms with van der Waals surface area (Å²) >= 11 is 1.65. The van der Waals surface area contributed by atoms with Gasteiger partial charge in [0.05, 0.1) is 18.0 Å². The number of carbonyl (C=O) groups is 2. The molecule has 0 radical (unpaired) electrons. The van der Waals surface area contributed by atoms with Gasteiger partial charge >= 0.3 is 5.97 Å². The summed E-state index contributed by atoms with van der Waals surface area (Å²) in [6.45, 7) is 0. The molecule has 6 heteroatoms. The normalized spacial score (nSPS) is 19.4. The molecule has 1 atom stereocenters. The molecule has 1 aliphatic carbocycles. The Balaban J connectivity index is 2.55. The van der Waals surface area contributed by atoms with Crippen LogP contribution in [0.15, 0.2) is 0 Å². The molecule has 0 bridgehead atoms. The van der Waals surface area contributed by atoms with E-state index in [1.54, 1.807) is 11.8 Å². The summed E-state index contributed by atoms with van der Waals surface area (Å²) < 4.78 is 0. The van der Waals surface area contributed by atoms with Crippen LogP contribution in [0.5, 0.6) is 0 Å². The highest BCUT2D eigenvalue weighted by Crippen LogP contribution is 2.32. The number of carboxylic acids is 1. The number of rotatable bonds is 7. The third-order valence-corrected chi connectivity index (χ3v) is 4.05. The van der Waals surface area contributed by atoms with Crippen molar-refractivity contribution in [2.24, 2.45) is 5.73 Å². The van der Waals surface area contributed by atoms with E-state index >= 15 is 0 Å². The number of thioether (sulfide) groups is 1. The topological polar surface area (TPSA) is 92.4 Å². The van der Waals surface area contributed by atoms with Gasteiger partial charge < -0.3 is 16.2 Å². The van der Waals surface area contributed by atoms with E-state index in [2.05, 4.69) is 5.32 Å². The lowest BCUT2D eigenvalue weighted by Gasteiger charge is -2.30. The Hall–Kier alpha value is -0.750. The van der Waals surface area contributed by atoms with Crippen LogP contribution in [0.1, 0.15) is 38.5 Å². The molecule has 0 aromatic heterocycles. The van der Waals surface area contributed by atoms with Gasteiger partial charge in [0.15, 0.2) is 0 Å². The first kappa shape index (κ1) is 15.3. The second-order valence-electron chi connectivity index (χ2n) is 4.94.